The molecule has 2 aromatic carbocycles. The third kappa shape index (κ3) is 9.36. The fourth-order valence-electron chi connectivity index (χ4n) is 5.74. The molecule has 0 aliphatic heterocycles. The number of para-hydroxylation sites is 1. The number of amides is 4. The summed E-state index contributed by atoms with van der Waals surface area (Å²) >= 11 is 0. The van der Waals surface area contributed by atoms with E-state index in [2.05, 4.69) is 26.3 Å². The molecule has 4 aromatic rings. The first-order chi connectivity index (χ1) is 23.8. The van der Waals surface area contributed by atoms with Gasteiger partial charge in [-0.3, -0.25) is 29.3 Å². The quantitative estimate of drug-likeness (QED) is 0.0936. The fraction of sp³-hybridized carbons (Fsp3) is 0.405. The molecule has 0 unspecified atom stereocenters. The number of rotatable bonds is 16. The number of imide groups is 1. The number of aromatic nitrogens is 1. The Balaban J connectivity index is 1.59. The summed E-state index contributed by atoms with van der Waals surface area (Å²) in [5, 5.41) is 21.7. The Hall–Kier alpha value is -5.46. The van der Waals surface area contributed by atoms with E-state index in [9.17, 15) is 28.8 Å². The standard InChI is InChI=1S/C37H45N5O8/c1-6-20(3)33(40-30(43)14-15-31(44)45)36(48)41-34(21(4)7-2)37(49)42-35(47)28(17-23-19-38-27-11-9-8-10-26(23)27)39-24-12-13-25-22(5)16-32(46)50-29(25)18-24/h8-13,16,18-21,28,33-34,38-39H,6-7,14-15,17H2,1-5H3,(H,40,43)(H,41,48)(H,44,45)(H,42,47,49)/t20-,21-,28-,33-,34-/m0/s1. The number of carboxylic acid groups (broad SMARTS) is 1. The summed E-state index contributed by atoms with van der Waals surface area (Å²) in [5.41, 5.74) is 2.78. The normalized spacial score (nSPS) is 14.3. The maximum absolute atomic E-state index is 14.0. The van der Waals surface area contributed by atoms with Crippen LogP contribution in [-0.4, -0.2) is 57.8 Å². The van der Waals surface area contributed by atoms with Crippen LogP contribution in [0.1, 0.15) is 64.5 Å². The SMILES string of the molecule is CC[C@H](C)[C@H](NC(=O)CCC(=O)O)C(=O)N[C@H](C(=O)NC(=O)[C@H](Cc1c[nH]c2ccccc12)Nc1ccc2c(C)cc(=O)oc2c1)[C@@H](C)CC. The van der Waals surface area contributed by atoms with Gasteiger partial charge in [-0.25, -0.2) is 4.79 Å². The molecule has 0 saturated carbocycles. The van der Waals surface area contributed by atoms with Gasteiger partial charge < -0.3 is 30.5 Å². The molecule has 13 nitrogen and oxygen atoms in total. The smallest absolute Gasteiger partial charge is 0.336 e. The molecule has 266 valence electrons. The van der Waals surface area contributed by atoms with Gasteiger partial charge in [-0.2, -0.15) is 0 Å². The van der Waals surface area contributed by atoms with Crippen LogP contribution in [0, 0.1) is 18.8 Å². The Kier molecular flexibility index (Phi) is 12.5. The van der Waals surface area contributed by atoms with Crippen LogP contribution in [0.4, 0.5) is 5.69 Å². The number of H-pyrrole nitrogens is 1. The van der Waals surface area contributed by atoms with Gasteiger partial charge in [0, 0.05) is 53.1 Å². The van der Waals surface area contributed by atoms with E-state index in [-0.39, 0.29) is 25.2 Å². The average molecular weight is 688 g/mol. The number of carbonyl (C=O) groups is 5. The van der Waals surface area contributed by atoms with Gasteiger partial charge in [0.25, 0.3) is 0 Å². The lowest BCUT2D eigenvalue weighted by atomic mass is 9.94. The molecule has 4 rings (SSSR count). The first-order valence-corrected chi connectivity index (χ1v) is 16.8. The summed E-state index contributed by atoms with van der Waals surface area (Å²) in [7, 11) is 0. The number of carboxylic acids is 1. The van der Waals surface area contributed by atoms with Gasteiger partial charge in [-0.1, -0.05) is 58.7 Å². The molecule has 2 heterocycles. The second-order valence-electron chi connectivity index (χ2n) is 12.8. The molecule has 5 atom stereocenters. The van der Waals surface area contributed by atoms with E-state index in [1.54, 1.807) is 45.2 Å². The lowest BCUT2D eigenvalue weighted by molar-refractivity contribution is -0.139. The topological polar surface area (TPSA) is 200 Å². The summed E-state index contributed by atoms with van der Waals surface area (Å²) in [6.07, 6.45) is 2.31. The number of aromatic amines is 1. The minimum absolute atomic E-state index is 0.178. The van der Waals surface area contributed by atoms with Crippen LogP contribution in [0.15, 0.2) is 63.9 Å². The van der Waals surface area contributed by atoms with Crippen molar-refractivity contribution in [3.05, 3.63) is 76.3 Å². The molecule has 0 fully saturated rings. The molecular weight excluding hydrogens is 642 g/mol. The van der Waals surface area contributed by atoms with E-state index in [0.717, 1.165) is 27.4 Å². The third-order valence-electron chi connectivity index (χ3n) is 9.13. The Morgan fingerprint density at radius 2 is 1.52 bits per heavy atom. The van der Waals surface area contributed by atoms with Crippen molar-refractivity contribution in [2.75, 3.05) is 5.32 Å². The predicted octanol–water partition coefficient (Wildman–Crippen LogP) is 4.18. The molecule has 0 saturated heterocycles. The van der Waals surface area contributed by atoms with Crippen LogP contribution in [0.25, 0.3) is 21.9 Å². The molecule has 0 radical (unpaired) electrons. The summed E-state index contributed by atoms with van der Waals surface area (Å²) in [5.74, 6) is -4.43. The van der Waals surface area contributed by atoms with E-state index >= 15 is 0 Å². The van der Waals surface area contributed by atoms with Crippen molar-refractivity contribution in [2.45, 2.75) is 84.8 Å². The zero-order chi connectivity index (χ0) is 36.5. The zero-order valence-electron chi connectivity index (χ0n) is 28.9. The Bertz CT molecular complexity index is 1930. The van der Waals surface area contributed by atoms with Crippen molar-refractivity contribution < 1.29 is 33.5 Å². The van der Waals surface area contributed by atoms with Gasteiger partial charge in [0.15, 0.2) is 0 Å². The molecule has 6 N–H and O–H groups in total. The lowest BCUT2D eigenvalue weighted by Crippen LogP contribution is -2.58. The Morgan fingerprint density at radius 1 is 0.840 bits per heavy atom. The summed E-state index contributed by atoms with van der Waals surface area (Å²) in [6.45, 7) is 9.03. The number of hydrogen-bond donors (Lipinski definition) is 6. The summed E-state index contributed by atoms with van der Waals surface area (Å²) < 4.78 is 5.40. The predicted molar refractivity (Wildman–Crippen MR) is 189 cm³/mol. The number of nitrogens with one attached hydrogen (secondary N) is 5. The molecule has 4 amide bonds. The highest BCUT2D eigenvalue weighted by molar-refractivity contribution is 6.03. The van der Waals surface area contributed by atoms with Crippen molar-refractivity contribution in [3.63, 3.8) is 0 Å². The number of benzene rings is 2. The van der Waals surface area contributed by atoms with Crippen LogP contribution in [0.3, 0.4) is 0 Å². The average Bonchev–Trinajstić information content (AvgIpc) is 3.49. The molecule has 0 aliphatic carbocycles. The van der Waals surface area contributed by atoms with Gasteiger partial charge in [0.05, 0.1) is 6.42 Å². The molecular formula is C37H45N5O8. The van der Waals surface area contributed by atoms with Gasteiger partial charge in [-0.05, 0) is 48.1 Å². The minimum Gasteiger partial charge on any atom is -0.481 e. The van der Waals surface area contributed by atoms with E-state index < -0.39 is 59.3 Å². The van der Waals surface area contributed by atoms with E-state index in [1.165, 1.54) is 6.07 Å². The fourth-order valence-corrected chi connectivity index (χ4v) is 5.74. The van der Waals surface area contributed by atoms with Crippen molar-refractivity contribution >= 4 is 57.2 Å². The number of aliphatic carboxylic acids is 1. The Morgan fingerprint density at radius 3 is 2.20 bits per heavy atom. The largest absolute Gasteiger partial charge is 0.481 e. The molecule has 13 heteroatoms. The van der Waals surface area contributed by atoms with Crippen molar-refractivity contribution in [3.8, 4) is 0 Å². The molecule has 0 bridgehead atoms. The summed E-state index contributed by atoms with van der Waals surface area (Å²) in [6, 6.07) is 11.1. The molecule has 50 heavy (non-hydrogen) atoms. The maximum Gasteiger partial charge on any atom is 0.336 e. The molecule has 2 aromatic heterocycles. The van der Waals surface area contributed by atoms with E-state index in [4.69, 9.17) is 9.52 Å². The number of hydrogen-bond acceptors (Lipinski definition) is 8. The summed E-state index contributed by atoms with van der Waals surface area (Å²) in [4.78, 5) is 80.0. The molecule has 0 spiro atoms. The van der Waals surface area contributed by atoms with E-state index in [0.29, 0.717) is 24.1 Å². The number of aryl methyl sites for hydroxylation is 1. The van der Waals surface area contributed by atoms with Crippen LogP contribution >= 0.6 is 0 Å². The highest BCUT2D eigenvalue weighted by atomic mass is 16.4. The monoisotopic (exact) mass is 687 g/mol. The maximum atomic E-state index is 14.0. The number of anilines is 1. The first-order valence-electron chi connectivity index (χ1n) is 16.8. The van der Waals surface area contributed by atoms with Gasteiger partial charge in [0.2, 0.25) is 23.6 Å². The number of fused-ring (bicyclic) bond motifs is 2. The Labute approximate surface area is 289 Å². The lowest BCUT2D eigenvalue weighted by Gasteiger charge is -2.29. The van der Waals surface area contributed by atoms with E-state index in [1.807, 2.05) is 38.1 Å². The highest BCUT2D eigenvalue weighted by Crippen LogP contribution is 2.24. The minimum atomic E-state index is -1.14. The van der Waals surface area contributed by atoms with Crippen LogP contribution in [0.5, 0.6) is 0 Å². The van der Waals surface area contributed by atoms with Crippen LogP contribution < -0.4 is 26.9 Å². The van der Waals surface area contributed by atoms with Crippen molar-refractivity contribution in [2.24, 2.45) is 11.8 Å². The van der Waals surface area contributed by atoms with Crippen LogP contribution in [-0.2, 0) is 30.4 Å². The van der Waals surface area contributed by atoms with Gasteiger partial charge >= 0.3 is 11.6 Å². The van der Waals surface area contributed by atoms with Gasteiger partial charge in [0.1, 0.15) is 23.7 Å². The molecule has 0 aliphatic rings. The number of carbonyl (C=O) groups excluding carboxylic acids is 4. The van der Waals surface area contributed by atoms with Crippen molar-refractivity contribution in [1.29, 1.82) is 0 Å². The second-order valence-corrected chi connectivity index (χ2v) is 12.8. The van der Waals surface area contributed by atoms with Gasteiger partial charge in [-0.15, -0.1) is 0 Å². The first kappa shape index (κ1) is 37.4. The van der Waals surface area contributed by atoms with Crippen LogP contribution in [0.2, 0.25) is 0 Å². The van der Waals surface area contributed by atoms with Crippen molar-refractivity contribution in [1.82, 2.24) is 20.9 Å². The third-order valence-corrected chi connectivity index (χ3v) is 9.13. The zero-order valence-corrected chi connectivity index (χ0v) is 28.9. The second kappa shape index (κ2) is 16.8. The highest BCUT2D eigenvalue weighted by Gasteiger charge is 2.34.